The van der Waals surface area contributed by atoms with E-state index < -0.39 is 0 Å². The number of rotatable bonds is 8. The zero-order valence-corrected chi connectivity index (χ0v) is 16.1. The lowest BCUT2D eigenvalue weighted by molar-refractivity contribution is 0.0651. The SMILES string of the molecule is C[C@H]1CCN(CCCCCCCN2CC[C@H](C)N(C)C2)CN1C. The van der Waals surface area contributed by atoms with Gasteiger partial charge in [-0.15, -0.1) is 0 Å². The van der Waals surface area contributed by atoms with E-state index in [0.29, 0.717) is 0 Å². The maximum Gasteiger partial charge on any atom is 0.0505 e. The van der Waals surface area contributed by atoms with Gasteiger partial charge < -0.3 is 0 Å². The summed E-state index contributed by atoms with van der Waals surface area (Å²) in [5.41, 5.74) is 0. The van der Waals surface area contributed by atoms with Crippen LogP contribution in [0.25, 0.3) is 0 Å². The monoisotopic (exact) mass is 324 g/mol. The van der Waals surface area contributed by atoms with Crippen LogP contribution in [0.2, 0.25) is 0 Å². The first kappa shape index (κ1) is 19.2. The van der Waals surface area contributed by atoms with Gasteiger partial charge in [-0.05, 0) is 66.7 Å². The van der Waals surface area contributed by atoms with Gasteiger partial charge in [-0.2, -0.15) is 0 Å². The second-order valence-corrected chi connectivity index (χ2v) is 8.08. The first-order valence-corrected chi connectivity index (χ1v) is 9.91. The van der Waals surface area contributed by atoms with Crippen molar-refractivity contribution in [2.75, 3.05) is 53.6 Å². The van der Waals surface area contributed by atoms with Crippen molar-refractivity contribution in [1.29, 1.82) is 0 Å². The molecule has 0 aromatic heterocycles. The predicted octanol–water partition coefficient (Wildman–Crippen LogP) is 2.90. The Morgan fingerprint density at radius 2 is 1.04 bits per heavy atom. The fourth-order valence-corrected chi connectivity index (χ4v) is 3.80. The summed E-state index contributed by atoms with van der Waals surface area (Å²) in [6.45, 7) is 12.2. The molecular formula is C19H40N4. The summed E-state index contributed by atoms with van der Waals surface area (Å²) < 4.78 is 0. The molecule has 0 bridgehead atoms. The second kappa shape index (κ2) is 9.97. The zero-order valence-electron chi connectivity index (χ0n) is 16.1. The molecule has 0 N–H and O–H groups in total. The fourth-order valence-electron chi connectivity index (χ4n) is 3.80. The zero-order chi connectivity index (χ0) is 16.7. The van der Waals surface area contributed by atoms with Gasteiger partial charge in [0.05, 0.1) is 13.3 Å². The topological polar surface area (TPSA) is 13.0 Å². The standard InChI is InChI=1S/C19H40N4/c1-18-10-14-22(16-20(18)3)12-8-6-5-7-9-13-23-15-11-19(2)21(4)17-23/h18-19H,5-17H2,1-4H3/t18-,19-/m0/s1. The Morgan fingerprint density at radius 3 is 1.43 bits per heavy atom. The Bertz CT molecular complexity index is 292. The van der Waals surface area contributed by atoms with Crippen LogP contribution >= 0.6 is 0 Å². The number of nitrogens with zero attached hydrogens (tertiary/aromatic N) is 4. The van der Waals surface area contributed by atoms with E-state index in [0.717, 1.165) is 12.1 Å². The van der Waals surface area contributed by atoms with E-state index in [-0.39, 0.29) is 0 Å². The molecule has 0 saturated carbocycles. The van der Waals surface area contributed by atoms with Gasteiger partial charge in [0, 0.05) is 25.2 Å². The molecule has 0 unspecified atom stereocenters. The third-order valence-corrected chi connectivity index (χ3v) is 6.03. The van der Waals surface area contributed by atoms with E-state index >= 15 is 0 Å². The smallest absolute Gasteiger partial charge is 0.0505 e. The summed E-state index contributed by atoms with van der Waals surface area (Å²) >= 11 is 0. The van der Waals surface area contributed by atoms with Crippen LogP contribution in [0.15, 0.2) is 0 Å². The maximum atomic E-state index is 2.63. The summed E-state index contributed by atoms with van der Waals surface area (Å²) in [5.74, 6) is 0. The third-order valence-electron chi connectivity index (χ3n) is 6.03. The van der Waals surface area contributed by atoms with E-state index in [1.807, 2.05) is 0 Å². The van der Waals surface area contributed by atoms with Crippen LogP contribution in [0.3, 0.4) is 0 Å². The van der Waals surface area contributed by atoms with Crippen LogP contribution in [-0.2, 0) is 0 Å². The van der Waals surface area contributed by atoms with Gasteiger partial charge in [0.1, 0.15) is 0 Å². The van der Waals surface area contributed by atoms with Gasteiger partial charge in [-0.25, -0.2) is 0 Å². The molecule has 2 saturated heterocycles. The summed E-state index contributed by atoms with van der Waals surface area (Å²) in [7, 11) is 4.52. The van der Waals surface area contributed by atoms with E-state index in [1.165, 1.54) is 84.5 Å². The van der Waals surface area contributed by atoms with Gasteiger partial charge >= 0.3 is 0 Å². The van der Waals surface area contributed by atoms with Crippen LogP contribution in [0, 0.1) is 0 Å². The fraction of sp³-hybridized carbons (Fsp3) is 1.00. The van der Waals surface area contributed by atoms with Crippen molar-refractivity contribution in [2.45, 2.75) is 70.9 Å². The van der Waals surface area contributed by atoms with E-state index in [2.05, 4.69) is 47.5 Å². The minimum absolute atomic E-state index is 0.767. The summed E-state index contributed by atoms with van der Waals surface area (Å²) in [5, 5.41) is 0. The van der Waals surface area contributed by atoms with Crippen LogP contribution in [-0.4, -0.2) is 85.3 Å². The van der Waals surface area contributed by atoms with Gasteiger partial charge in [0.2, 0.25) is 0 Å². The number of hydrogen-bond donors (Lipinski definition) is 0. The van der Waals surface area contributed by atoms with Crippen molar-refractivity contribution in [3.05, 3.63) is 0 Å². The van der Waals surface area contributed by atoms with Crippen molar-refractivity contribution in [3.63, 3.8) is 0 Å². The predicted molar refractivity (Wildman–Crippen MR) is 99.6 cm³/mol. The molecule has 136 valence electrons. The summed E-state index contributed by atoms with van der Waals surface area (Å²) in [4.78, 5) is 10.2. The van der Waals surface area contributed by atoms with E-state index in [9.17, 15) is 0 Å². The third kappa shape index (κ3) is 6.69. The number of hydrogen-bond acceptors (Lipinski definition) is 4. The average Bonchev–Trinajstić information content (AvgIpc) is 2.53. The van der Waals surface area contributed by atoms with Gasteiger partial charge in [0.25, 0.3) is 0 Å². The minimum atomic E-state index is 0.767. The van der Waals surface area contributed by atoms with Crippen molar-refractivity contribution >= 4 is 0 Å². The molecule has 0 amide bonds. The van der Waals surface area contributed by atoms with Crippen LogP contribution in [0.1, 0.15) is 58.8 Å². The molecule has 2 heterocycles. The summed E-state index contributed by atoms with van der Waals surface area (Å²) in [6.07, 6.45) is 9.66. The molecule has 23 heavy (non-hydrogen) atoms. The Balaban J connectivity index is 1.43. The van der Waals surface area contributed by atoms with Crippen molar-refractivity contribution in [1.82, 2.24) is 19.6 Å². The summed E-state index contributed by atoms with van der Waals surface area (Å²) in [6, 6.07) is 1.53. The van der Waals surface area contributed by atoms with Gasteiger partial charge in [-0.1, -0.05) is 19.3 Å². The lowest BCUT2D eigenvalue weighted by Gasteiger charge is -2.38. The van der Waals surface area contributed by atoms with Crippen molar-refractivity contribution < 1.29 is 0 Å². The van der Waals surface area contributed by atoms with Crippen molar-refractivity contribution in [2.24, 2.45) is 0 Å². The molecule has 0 radical (unpaired) electrons. The molecule has 0 spiro atoms. The lowest BCUT2D eigenvalue weighted by atomic mass is 10.1. The first-order chi connectivity index (χ1) is 11.1. The highest BCUT2D eigenvalue weighted by Gasteiger charge is 2.20. The van der Waals surface area contributed by atoms with E-state index in [1.54, 1.807) is 0 Å². The largest absolute Gasteiger partial charge is 0.291 e. The molecular weight excluding hydrogens is 284 g/mol. The molecule has 0 aliphatic carbocycles. The molecule has 4 heteroatoms. The Morgan fingerprint density at radius 1 is 0.652 bits per heavy atom. The molecule has 2 aliphatic heterocycles. The molecule has 0 aromatic carbocycles. The quantitative estimate of drug-likeness (QED) is 0.637. The highest BCUT2D eigenvalue weighted by molar-refractivity contribution is 4.74. The molecule has 2 atom stereocenters. The highest BCUT2D eigenvalue weighted by Crippen LogP contribution is 2.14. The van der Waals surface area contributed by atoms with E-state index in [4.69, 9.17) is 0 Å². The molecule has 2 fully saturated rings. The van der Waals surface area contributed by atoms with Crippen LogP contribution in [0.5, 0.6) is 0 Å². The van der Waals surface area contributed by atoms with Gasteiger partial charge in [0.15, 0.2) is 0 Å². The molecule has 0 aromatic rings. The molecule has 4 nitrogen and oxygen atoms in total. The minimum Gasteiger partial charge on any atom is -0.291 e. The normalized spacial score (nSPS) is 29.2. The van der Waals surface area contributed by atoms with Gasteiger partial charge in [-0.3, -0.25) is 19.6 Å². The average molecular weight is 325 g/mol. The highest BCUT2D eigenvalue weighted by atomic mass is 15.3. The maximum absolute atomic E-state index is 2.63. The molecule has 2 rings (SSSR count). The van der Waals surface area contributed by atoms with Crippen LogP contribution < -0.4 is 0 Å². The Kier molecular flexibility index (Phi) is 8.31. The Labute approximate surface area is 144 Å². The van der Waals surface area contributed by atoms with Crippen molar-refractivity contribution in [3.8, 4) is 0 Å². The lowest BCUT2D eigenvalue weighted by Crippen LogP contribution is -2.47. The first-order valence-electron chi connectivity index (χ1n) is 9.91. The Hall–Kier alpha value is -0.160. The van der Waals surface area contributed by atoms with Crippen LogP contribution in [0.4, 0.5) is 0 Å². The number of unbranched alkanes of at least 4 members (excludes halogenated alkanes) is 4. The second-order valence-electron chi connectivity index (χ2n) is 8.08. The molecule has 2 aliphatic rings.